The average Bonchev–Trinajstić information content (AvgIpc) is 2.53. The molecule has 0 aromatic heterocycles. The van der Waals surface area contributed by atoms with E-state index in [1.54, 1.807) is 0 Å². The van der Waals surface area contributed by atoms with Gasteiger partial charge in [0.1, 0.15) is 0 Å². The Morgan fingerprint density at radius 1 is 1.14 bits per heavy atom. The molecule has 0 aliphatic rings. The molecule has 0 bridgehead atoms. The Labute approximate surface area is 129 Å². The van der Waals surface area contributed by atoms with Crippen molar-refractivity contribution in [1.82, 2.24) is 0 Å². The van der Waals surface area contributed by atoms with Crippen molar-refractivity contribution in [3.05, 3.63) is 48.0 Å². The van der Waals surface area contributed by atoms with Crippen LogP contribution in [0, 0.1) is 11.8 Å². The van der Waals surface area contributed by atoms with Crippen molar-refractivity contribution in [3.8, 4) is 0 Å². The molecule has 0 fully saturated rings. The average molecular weight is 290 g/mol. The van der Waals surface area contributed by atoms with Gasteiger partial charge in [0, 0.05) is 6.61 Å². The monoisotopic (exact) mass is 290 g/mol. The first-order chi connectivity index (χ1) is 10.3. The summed E-state index contributed by atoms with van der Waals surface area (Å²) in [7, 11) is 0. The molecule has 1 N–H and O–H groups in total. The van der Waals surface area contributed by atoms with E-state index in [4.69, 9.17) is 9.84 Å². The molecule has 0 heterocycles. The van der Waals surface area contributed by atoms with Gasteiger partial charge in [0.05, 0.1) is 13.2 Å². The summed E-state index contributed by atoms with van der Waals surface area (Å²) in [6.07, 6.45) is 8.69. The molecule has 0 spiro atoms. The fourth-order valence-corrected chi connectivity index (χ4v) is 2.34. The van der Waals surface area contributed by atoms with Gasteiger partial charge >= 0.3 is 0 Å². The highest BCUT2D eigenvalue weighted by Crippen LogP contribution is 2.14. The summed E-state index contributed by atoms with van der Waals surface area (Å²) < 4.78 is 5.83. The molecule has 0 radical (unpaired) electrons. The Morgan fingerprint density at radius 3 is 2.52 bits per heavy atom. The molecule has 2 unspecified atom stereocenters. The van der Waals surface area contributed by atoms with E-state index in [-0.39, 0.29) is 6.61 Å². The van der Waals surface area contributed by atoms with E-state index in [0.717, 1.165) is 32.3 Å². The Hall–Kier alpha value is -1.12. The van der Waals surface area contributed by atoms with Crippen LogP contribution in [0.3, 0.4) is 0 Å². The molecule has 0 aliphatic heterocycles. The van der Waals surface area contributed by atoms with Gasteiger partial charge < -0.3 is 9.84 Å². The van der Waals surface area contributed by atoms with Crippen LogP contribution in [0.1, 0.15) is 45.1 Å². The molecule has 2 atom stereocenters. The van der Waals surface area contributed by atoms with Crippen LogP contribution in [0.4, 0.5) is 0 Å². The summed E-state index contributed by atoms with van der Waals surface area (Å²) in [6, 6.07) is 10.3. The van der Waals surface area contributed by atoms with E-state index in [1.807, 2.05) is 18.2 Å². The first-order valence-corrected chi connectivity index (χ1v) is 8.19. The molecule has 0 aliphatic carbocycles. The topological polar surface area (TPSA) is 29.5 Å². The predicted octanol–water partition coefficient (Wildman–Crippen LogP) is 4.58. The molecule has 0 saturated carbocycles. The first-order valence-electron chi connectivity index (χ1n) is 8.19. The van der Waals surface area contributed by atoms with Crippen LogP contribution in [0.5, 0.6) is 0 Å². The second kappa shape index (κ2) is 11.5. The first kappa shape index (κ1) is 17.9. The van der Waals surface area contributed by atoms with E-state index < -0.39 is 0 Å². The summed E-state index contributed by atoms with van der Waals surface area (Å²) in [6.45, 7) is 6.18. The second-order valence-electron chi connectivity index (χ2n) is 5.62. The largest absolute Gasteiger partial charge is 0.396 e. The standard InChI is InChI=1S/C19H30O2/c1-3-17(13-14-20)11-8-12-18(4-2)15-21-16-19-9-6-5-7-10-19/h5-11,17-18,20H,3-4,12-16H2,1-2H3/b11-8+. The highest BCUT2D eigenvalue weighted by atomic mass is 16.5. The number of hydrogen-bond acceptors (Lipinski definition) is 2. The van der Waals surface area contributed by atoms with Gasteiger partial charge in [0.25, 0.3) is 0 Å². The summed E-state index contributed by atoms with van der Waals surface area (Å²) in [5.74, 6) is 1.09. The Morgan fingerprint density at radius 2 is 1.90 bits per heavy atom. The van der Waals surface area contributed by atoms with Crippen molar-refractivity contribution in [3.63, 3.8) is 0 Å². The van der Waals surface area contributed by atoms with Crippen LogP contribution in [-0.4, -0.2) is 18.3 Å². The summed E-state index contributed by atoms with van der Waals surface area (Å²) in [4.78, 5) is 0. The minimum absolute atomic E-state index is 0.278. The zero-order valence-electron chi connectivity index (χ0n) is 13.5. The van der Waals surface area contributed by atoms with Gasteiger partial charge in [-0.1, -0.05) is 62.8 Å². The summed E-state index contributed by atoms with van der Waals surface area (Å²) in [5, 5.41) is 8.99. The number of benzene rings is 1. The van der Waals surface area contributed by atoms with Crippen LogP contribution in [0.2, 0.25) is 0 Å². The third-order valence-electron chi connectivity index (χ3n) is 3.94. The number of aliphatic hydroxyl groups is 1. The van der Waals surface area contributed by atoms with Gasteiger partial charge in [-0.25, -0.2) is 0 Å². The molecule has 0 amide bonds. The fourth-order valence-electron chi connectivity index (χ4n) is 2.34. The van der Waals surface area contributed by atoms with Gasteiger partial charge in [-0.3, -0.25) is 0 Å². The molecule has 0 saturated heterocycles. The van der Waals surface area contributed by atoms with Crippen LogP contribution < -0.4 is 0 Å². The lowest BCUT2D eigenvalue weighted by molar-refractivity contribution is 0.0863. The number of hydrogen-bond donors (Lipinski definition) is 1. The SMILES string of the molecule is CCC(/C=C/CC(CC)COCc1ccccc1)CCO. The molecule has 2 heteroatoms. The maximum absolute atomic E-state index is 8.99. The van der Waals surface area contributed by atoms with E-state index >= 15 is 0 Å². The predicted molar refractivity (Wildman–Crippen MR) is 89.1 cm³/mol. The van der Waals surface area contributed by atoms with Crippen molar-refractivity contribution in [1.29, 1.82) is 0 Å². The lowest BCUT2D eigenvalue weighted by Crippen LogP contribution is -2.08. The van der Waals surface area contributed by atoms with Crippen molar-refractivity contribution in [2.75, 3.05) is 13.2 Å². The zero-order chi connectivity index (χ0) is 15.3. The molecule has 2 nitrogen and oxygen atoms in total. The van der Waals surface area contributed by atoms with E-state index in [1.165, 1.54) is 5.56 Å². The minimum atomic E-state index is 0.278. The normalized spacial score (nSPS) is 14.4. The van der Waals surface area contributed by atoms with Gasteiger partial charge in [-0.15, -0.1) is 0 Å². The van der Waals surface area contributed by atoms with E-state index in [0.29, 0.717) is 18.4 Å². The Kier molecular flexibility index (Phi) is 9.84. The van der Waals surface area contributed by atoms with E-state index in [2.05, 4.69) is 38.1 Å². The third-order valence-corrected chi connectivity index (χ3v) is 3.94. The zero-order valence-corrected chi connectivity index (χ0v) is 13.5. The maximum atomic E-state index is 8.99. The fraction of sp³-hybridized carbons (Fsp3) is 0.579. The van der Waals surface area contributed by atoms with Crippen LogP contribution in [0.25, 0.3) is 0 Å². The smallest absolute Gasteiger partial charge is 0.0717 e. The van der Waals surface area contributed by atoms with Crippen molar-refractivity contribution < 1.29 is 9.84 Å². The van der Waals surface area contributed by atoms with E-state index in [9.17, 15) is 0 Å². The van der Waals surface area contributed by atoms with Crippen molar-refractivity contribution in [2.24, 2.45) is 11.8 Å². The summed E-state index contributed by atoms with van der Waals surface area (Å²) >= 11 is 0. The third kappa shape index (κ3) is 8.03. The highest BCUT2D eigenvalue weighted by molar-refractivity contribution is 5.13. The minimum Gasteiger partial charge on any atom is -0.396 e. The Balaban J connectivity index is 2.26. The van der Waals surface area contributed by atoms with Gasteiger partial charge in [0.2, 0.25) is 0 Å². The van der Waals surface area contributed by atoms with Crippen molar-refractivity contribution >= 4 is 0 Å². The maximum Gasteiger partial charge on any atom is 0.0717 e. The second-order valence-corrected chi connectivity index (χ2v) is 5.62. The number of rotatable bonds is 11. The van der Waals surface area contributed by atoms with Crippen molar-refractivity contribution in [2.45, 2.75) is 46.1 Å². The van der Waals surface area contributed by atoms with Crippen LogP contribution >= 0.6 is 0 Å². The molecule has 1 rings (SSSR count). The molecule has 1 aromatic rings. The lowest BCUT2D eigenvalue weighted by atomic mass is 9.98. The molecular formula is C19H30O2. The van der Waals surface area contributed by atoms with Gasteiger partial charge in [-0.2, -0.15) is 0 Å². The Bertz CT molecular complexity index is 372. The molecule has 21 heavy (non-hydrogen) atoms. The lowest BCUT2D eigenvalue weighted by Gasteiger charge is -2.14. The quantitative estimate of drug-likeness (QED) is 0.604. The summed E-state index contributed by atoms with van der Waals surface area (Å²) in [5.41, 5.74) is 1.23. The number of allylic oxidation sites excluding steroid dienone is 2. The van der Waals surface area contributed by atoms with Crippen LogP contribution in [0.15, 0.2) is 42.5 Å². The number of ether oxygens (including phenoxy) is 1. The molecular weight excluding hydrogens is 260 g/mol. The molecule has 118 valence electrons. The molecule has 1 aromatic carbocycles. The number of aliphatic hydroxyl groups excluding tert-OH is 1. The van der Waals surface area contributed by atoms with Crippen LogP contribution in [-0.2, 0) is 11.3 Å². The van der Waals surface area contributed by atoms with Gasteiger partial charge in [-0.05, 0) is 36.7 Å². The van der Waals surface area contributed by atoms with Gasteiger partial charge in [0.15, 0.2) is 0 Å². The highest BCUT2D eigenvalue weighted by Gasteiger charge is 2.06.